The molecule has 1 aromatic heterocycles. The molecule has 18 heavy (non-hydrogen) atoms. The van der Waals surface area contributed by atoms with Gasteiger partial charge in [0.25, 0.3) is 0 Å². The number of ether oxygens (including phenoxy) is 1. The Kier molecular flexibility index (Phi) is 4.88. The molecule has 3 heteroatoms. The van der Waals surface area contributed by atoms with Gasteiger partial charge in [0.1, 0.15) is 0 Å². The van der Waals surface area contributed by atoms with E-state index in [1.54, 1.807) is 7.11 Å². The lowest BCUT2D eigenvalue weighted by atomic mass is 10.1. The van der Waals surface area contributed by atoms with Crippen LogP contribution in [0.1, 0.15) is 5.56 Å². The molecule has 0 spiro atoms. The van der Waals surface area contributed by atoms with E-state index < -0.39 is 0 Å². The summed E-state index contributed by atoms with van der Waals surface area (Å²) in [6.45, 7) is 2.48. The fourth-order valence-corrected chi connectivity index (χ4v) is 1.73. The number of pyridine rings is 1. The molecule has 3 nitrogen and oxygen atoms in total. The van der Waals surface area contributed by atoms with Crippen LogP contribution in [0.4, 0.5) is 0 Å². The lowest BCUT2D eigenvalue weighted by Gasteiger charge is -2.05. The Morgan fingerprint density at radius 1 is 1.11 bits per heavy atom. The highest BCUT2D eigenvalue weighted by Crippen LogP contribution is 2.16. The van der Waals surface area contributed by atoms with Crippen molar-refractivity contribution in [1.29, 1.82) is 0 Å². The molecule has 1 N–H and O–H groups in total. The van der Waals surface area contributed by atoms with Gasteiger partial charge in [-0.3, -0.25) is 4.98 Å². The van der Waals surface area contributed by atoms with Gasteiger partial charge in [0.15, 0.2) is 0 Å². The fraction of sp³-hybridized carbons (Fsp3) is 0.267. The molecule has 0 atom stereocenters. The quantitative estimate of drug-likeness (QED) is 0.790. The first-order chi connectivity index (χ1) is 8.90. The van der Waals surface area contributed by atoms with Gasteiger partial charge in [0, 0.05) is 32.0 Å². The van der Waals surface area contributed by atoms with Crippen LogP contribution in [-0.2, 0) is 11.3 Å². The van der Waals surface area contributed by atoms with Crippen molar-refractivity contribution in [3.8, 4) is 11.3 Å². The minimum Gasteiger partial charge on any atom is -0.383 e. The predicted octanol–water partition coefficient (Wildman–Crippen LogP) is 2.48. The van der Waals surface area contributed by atoms with E-state index in [2.05, 4.69) is 34.6 Å². The van der Waals surface area contributed by atoms with Crippen molar-refractivity contribution in [3.63, 3.8) is 0 Å². The monoisotopic (exact) mass is 242 g/mol. The molecule has 1 heterocycles. The molecular formula is C15H18N2O. The summed E-state index contributed by atoms with van der Waals surface area (Å²) in [7, 11) is 1.71. The van der Waals surface area contributed by atoms with Crippen molar-refractivity contribution in [2.45, 2.75) is 6.54 Å². The zero-order valence-corrected chi connectivity index (χ0v) is 10.6. The summed E-state index contributed by atoms with van der Waals surface area (Å²) < 4.78 is 4.99. The van der Waals surface area contributed by atoms with Crippen LogP contribution in [0.15, 0.2) is 48.7 Å². The highest BCUT2D eigenvalue weighted by Gasteiger charge is 1.98. The maximum Gasteiger partial charge on any atom is 0.0701 e. The van der Waals surface area contributed by atoms with Crippen LogP contribution in [-0.4, -0.2) is 25.2 Å². The Bertz CT molecular complexity index is 454. The Morgan fingerprint density at radius 2 is 1.94 bits per heavy atom. The van der Waals surface area contributed by atoms with Gasteiger partial charge in [0.05, 0.1) is 12.3 Å². The van der Waals surface area contributed by atoms with Crippen LogP contribution in [0.3, 0.4) is 0 Å². The molecule has 0 saturated carbocycles. The standard InChI is InChI=1S/C15H18N2O/c1-18-11-10-16-12-13-5-7-14(8-6-13)15-4-2-3-9-17-15/h2-9,16H,10-12H2,1H3. The average molecular weight is 242 g/mol. The van der Waals surface area contributed by atoms with E-state index in [1.807, 2.05) is 24.4 Å². The van der Waals surface area contributed by atoms with Crippen LogP contribution in [0.25, 0.3) is 11.3 Å². The van der Waals surface area contributed by atoms with Gasteiger partial charge in [-0.1, -0.05) is 30.3 Å². The lowest BCUT2D eigenvalue weighted by Crippen LogP contribution is -2.18. The first-order valence-electron chi connectivity index (χ1n) is 6.10. The van der Waals surface area contributed by atoms with Crippen molar-refractivity contribution in [1.82, 2.24) is 10.3 Å². The SMILES string of the molecule is COCCNCc1ccc(-c2ccccn2)cc1. The number of hydrogen-bond acceptors (Lipinski definition) is 3. The van der Waals surface area contributed by atoms with E-state index in [1.165, 1.54) is 5.56 Å². The molecule has 0 aliphatic carbocycles. The summed E-state index contributed by atoms with van der Waals surface area (Å²) in [5.41, 5.74) is 3.43. The normalized spacial score (nSPS) is 10.5. The topological polar surface area (TPSA) is 34.1 Å². The van der Waals surface area contributed by atoms with Gasteiger partial charge in [-0.15, -0.1) is 0 Å². The minimum absolute atomic E-state index is 0.742. The van der Waals surface area contributed by atoms with Crippen molar-refractivity contribution in [2.75, 3.05) is 20.3 Å². The number of hydrogen-bond donors (Lipinski definition) is 1. The van der Waals surface area contributed by atoms with Crippen LogP contribution in [0, 0.1) is 0 Å². The van der Waals surface area contributed by atoms with Crippen molar-refractivity contribution in [3.05, 3.63) is 54.2 Å². The second kappa shape index (κ2) is 6.89. The molecular weight excluding hydrogens is 224 g/mol. The smallest absolute Gasteiger partial charge is 0.0701 e. The van der Waals surface area contributed by atoms with Gasteiger partial charge in [-0.2, -0.15) is 0 Å². The third-order valence-corrected chi connectivity index (χ3v) is 2.73. The number of methoxy groups -OCH3 is 1. The molecule has 0 radical (unpaired) electrons. The molecule has 0 bridgehead atoms. The molecule has 0 aliphatic heterocycles. The van der Waals surface area contributed by atoms with Crippen LogP contribution in [0.5, 0.6) is 0 Å². The Balaban J connectivity index is 1.94. The van der Waals surface area contributed by atoms with Gasteiger partial charge in [-0.25, -0.2) is 0 Å². The molecule has 0 fully saturated rings. The number of nitrogens with one attached hydrogen (secondary N) is 1. The molecule has 0 aliphatic rings. The number of nitrogens with zero attached hydrogens (tertiary/aromatic N) is 1. The van der Waals surface area contributed by atoms with E-state index >= 15 is 0 Å². The Hall–Kier alpha value is -1.71. The highest BCUT2D eigenvalue weighted by molar-refractivity contribution is 5.58. The van der Waals surface area contributed by atoms with E-state index in [0.717, 1.165) is 31.0 Å². The largest absolute Gasteiger partial charge is 0.383 e. The maximum atomic E-state index is 4.99. The molecule has 94 valence electrons. The highest BCUT2D eigenvalue weighted by atomic mass is 16.5. The zero-order chi connectivity index (χ0) is 12.6. The van der Waals surface area contributed by atoms with Crippen molar-refractivity contribution in [2.24, 2.45) is 0 Å². The molecule has 2 rings (SSSR count). The van der Waals surface area contributed by atoms with Crippen molar-refractivity contribution < 1.29 is 4.74 Å². The predicted molar refractivity (Wildman–Crippen MR) is 73.3 cm³/mol. The summed E-state index contributed by atoms with van der Waals surface area (Å²) in [5, 5.41) is 3.32. The van der Waals surface area contributed by atoms with Crippen LogP contribution in [0.2, 0.25) is 0 Å². The summed E-state index contributed by atoms with van der Waals surface area (Å²) >= 11 is 0. The van der Waals surface area contributed by atoms with Crippen LogP contribution >= 0.6 is 0 Å². The first-order valence-corrected chi connectivity index (χ1v) is 6.10. The van der Waals surface area contributed by atoms with Gasteiger partial charge in [-0.05, 0) is 17.7 Å². The lowest BCUT2D eigenvalue weighted by molar-refractivity contribution is 0.199. The van der Waals surface area contributed by atoms with Crippen LogP contribution < -0.4 is 5.32 Å². The van der Waals surface area contributed by atoms with E-state index in [9.17, 15) is 0 Å². The molecule has 2 aromatic rings. The summed E-state index contributed by atoms with van der Waals surface area (Å²) in [4.78, 5) is 4.33. The average Bonchev–Trinajstić information content (AvgIpc) is 2.45. The fourth-order valence-electron chi connectivity index (χ4n) is 1.73. The van der Waals surface area contributed by atoms with E-state index in [-0.39, 0.29) is 0 Å². The third kappa shape index (κ3) is 3.65. The van der Waals surface area contributed by atoms with Crippen molar-refractivity contribution >= 4 is 0 Å². The molecule has 1 aromatic carbocycles. The number of rotatable bonds is 6. The maximum absolute atomic E-state index is 4.99. The van der Waals surface area contributed by atoms with Gasteiger partial charge >= 0.3 is 0 Å². The summed E-state index contributed by atoms with van der Waals surface area (Å²) in [5.74, 6) is 0. The minimum atomic E-state index is 0.742. The van der Waals surface area contributed by atoms with E-state index in [0.29, 0.717) is 0 Å². The third-order valence-electron chi connectivity index (χ3n) is 2.73. The van der Waals surface area contributed by atoms with Gasteiger partial charge in [0.2, 0.25) is 0 Å². The zero-order valence-electron chi connectivity index (χ0n) is 10.6. The number of aromatic nitrogens is 1. The Labute approximate surface area is 108 Å². The Morgan fingerprint density at radius 3 is 2.61 bits per heavy atom. The van der Waals surface area contributed by atoms with Gasteiger partial charge < -0.3 is 10.1 Å². The molecule has 0 saturated heterocycles. The molecule has 0 amide bonds. The summed E-state index contributed by atoms with van der Waals surface area (Å²) in [6, 6.07) is 14.4. The second-order valence-corrected chi connectivity index (χ2v) is 4.08. The first kappa shape index (κ1) is 12.7. The summed E-state index contributed by atoms with van der Waals surface area (Å²) in [6.07, 6.45) is 1.82. The number of benzene rings is 1. The van der Waals surface area contributed by atoms with E-state index in [4.69, 9.17) is 4.74 Å². The second-order valence-electron chi connectivity index (χ2n) is 4.08. The molecule has 0 unspecified atom stereocenters.